The Balaban J connectivity index is 2.45. The van der Waals surface area contributed by atoms with E-state index in [9.17, 15) is 9.59 Å². The molecule has 2 N–H and O–H groups in total. The van der Waals surface area contributed by atoms with Crippen LogP contribution < -0.4 is 24.8 Å². The van der Waals surface area contributed by atoms with Crippen molar-refractivity contribution in [2.45, 2.75) is 0 Å². The van der Waals surface area contributed by atoms with E-state index >= 15 is 0 Å². The standard InChI is InChI=1S/C13H14N2O5/c1-18-9-5-7(6-10(19-2)11(9)20-3)4-8-12(16)15-13(17)14-8/h4-6H,1-3H3,(H2,14,15,16,17). The van der Waals surface area contributed by atoms with Gasteiger partial charge in [0.05, 0.1) is 21.3 Å². The lowest BCUT2D eigenvalue weighted by molar-refractivity contribution is -0.115. The lowest BCUT2D eigenvalue weighted by Gasteiger charge is -2.13. The van der Waals surface area contributed by atoms with Crippen LogP contribution in [0.2, 0.25) is 0 Å². The van der Waals surface area contributed by atoms with Crippen LogP contribution in [0, 0.1) is 0 Å². The van der Waals surface area contributed by atoms with Crippen molar-refractivity contribution in [3.63, 3.8) is 0 Å². The van der Waals surface area contributed by atoms with Gasteiger partial charge in [-0.3, -0.25) is 10.1 Å². The van der Waals surface area contributed by atoms with E-state index in [4.69, 9.17) is 14.2 Å². The molecule has 0 unspecified atom stereocenters. The Morgan fingerprint density at radius 3 is 1.95 bits per heavy atom. The van der Waals surface area contributed by atoms with Gasteiger partial charge < -0.3 is 19.5 Å². The van der Waals surface area contributed by atoms with Crippen LogP contribution in [0.15, 0.2) is 17.8 Å². The molecule has 1 aliphatic rings. The van der Waals surface area contributed by atoms with E-state index in [2.05, 4.69) is 10.6 Å². The van der Waals surface area contributed by atoms with Crippen molar-refractivity contribution in [1.82, 2.24) is 10.6 Å². The van der Waals surface area contributed by atoms with Crippen molar-refractivity contribution in [1.29, 1.82) is 0 Å². The topological polar surface area (TPSA) is 85.9 Å². The first kappa shape index (κ1) is 13.7. The van der Waals surface area contributed by atoms with Gasteiger partial charge in [-0.25, -0.2) is 4.79 Å². The molecule has 0 spiro atoms. The number of hydrogen-bond acceptors (Lipinski definition) is 5. The monoisotopic (exact) mass is 278 g/mol. The van der Waals surface area contributed by atoms with Crippen LogP contribution in [0.3, 0.4) is 0 Å². The van der Waals surface area contributed by atoms with Gasteiger partial charge in [-0.05, 0) is 23.8 Å². The van der Waals surface area contributed by atoms with Crippen LogP contribution in [0.1, 0.15) is 5.56 Å². The second-order valence-corrected chi connectivity index (χ2v) is 3.92. The maximum absolute atomic E-state index is 11.5. The van der Waals surface area contributed by atoms with Crippen molar-refractivity contribution >= 4 is 18.0 Å². The average molecular weight is 278 g/mol. The average Bonchev–Trinajstić information content (AvgIpc) is 2.75. The highest BCUT2D eigenvalue weighted by Crippen LogP contribution is 2.38. The van der Waals surface area contributed by atoms with E-state index in [0.29, 0.717) is 22.8 Å². The lowest BCUT2D eigenvalue weighted by Crippen LogP contribution is -2.22. The van der Waals surface area contributed by atoms with Crippen molar-refractivity contribution in [2.24, 2.45) is 0 Å². The summed E-state index contributed by atoms with van der Waals surface area (Å²) in [5.41, 5.74) is 0.788. The lowest BCUT2D eigenvalue weighted by atomic mass is 10.1. The fraction of sp³-hybridized carbons (Fsp3) is 0.231. The maximum atomic E-state index is 11.5. The Morgan fingerprint density at radius 2 is 1.55 bits per heavy atom. The number of rotatable bonds is 4. The van der Waals surface area contributed by atoms with Gasteiger partial charge in [0, 0.05) is 0 Å². The summed E-state index contributed by atoms with van der Waals surface area (Å²) in [5, 5.41) is 4.53. The smallest absolute Gasteiger partial charge is 0.326 e. The fourth-order valence-corrected chi connectivity index (χ4v) is 1.83. The molecule has 1 fully saturated rings. The van der Waals surface area contributed by atoms with Crippen LogP contribution in [0.5, 0.6) is 17.2 Å². The predicted molar refractivity (Wildman–Crippen MR) is 70.7 cm³/mol. The number of imide groups is 1. The van der Waals surface area contributed by atoms with Crippen molar-refractivity contribution < 1.29 is 23.8 Å². The summed E-state index contributed by atoms with van der Waals surface area (Å²) in [7, 11) is 4.50. The van der Waals surface area contributed by atoms with Crippen LogP contribution in [-0.2, 0) is 4.79 Å². The third-order valence-corrected chi connectivity index (χ3v) is 2.72. The third-order valence-electron chi connectivity index (χ3n) is 2.72. The largest absolute Gasteiger partial charge is 0.493 e. The van der Waals surface area contributed by atoms with Crippen LogP contribution in [0.4, 0.5) is 4.79 Å². The van der Waals surface area contributed by atoms with Gasteiger partial charge in [0.1, 0.15) is 5.70 Å². The van der Waals surface area contributed by atoms with Gasteiger partial charge in [0.2, 0.25) is 5.75 Å². The van der Waals surface area contributed by atoms with Gasteiger partial charge >= 0.3 is 6.03 Å². The van der Waals surface area contributed by atoms with E-state index in [0.717, 1.165) is 0 Å². The fourth-order valence-electron chi connectivity index (χ4n) is 1.83. The minimum absolute atomic E-state index is 0.157. The van der Waals surface area contributed by atoms with Crippen molar-refractivity contribution in [2.75, 3.05) is 21.3 Å². The summed E-state index contributed by atoms with van der Waals surface area (Å²) in [6.45, 7) is 0. The zero-order valence-electron chi connectivity index (χ0n) is 11.3. The molecule has 7 heteroatoms. The Morgan fingerprint density at radius 1 is 0.950 bits per heavy atom. The second kappa shape index (κ2) is 5.52. The molecule has 0 bridgehead atoms. The molecule has 2 rings (SSSR count). The number of amides is 3. The van der Waals surface area contributed by atoms with E-state index in [-0.39, 0.29) is 5.70 Å². The molecule has 1 heterocycles. The molecule has 1 saturated heterocycles. The van der Waals surface area contributed by atoms with Crippen LogP contribution >= 0.6 is 0 Å². The molecule has 0 saturated carbocycles. The Bertz CT molecular complexity index is 569. The first-order chi connectivity index (χ1) is 9.58. The molecule has 106 valence electrons. The minimum Gasteiger partial charge on any atom is -0.493 e. The van der Waals surface area contributed by atoms with Crippen LogP contribution in [0.25, 0.3) is 6.08 Å². The quantitative estimate of drug-likeness (QED) is 0.631. The normalized spacial score (nSPS) is 15.8. The van der Waals surface area contributed by atoms with Gasteiger partial charge in [0.15, 0.2) is 11.5 Å². The molecule has 3 amide bonds. The number of urea groups is 1. The summed E-state index contributed by atoms with van der Waals surface area (Å²) in [6.07, 6.45) is 1.52. The highest BCUT2D eigenvalue weighted by atomic mass is 16.5. The SMILES string of the molecule is COc1cc(C=C2NC(=O)NC2=O)cc(OC)c1OC. The second-order valence-electron chi connectivity index (χ2n) is 3.92. The molecule has 20 heavy (non-hydrogen) atoms. The van der Waals surface area contributed by atoms with E-state index in [1.807, 2.05) is 0 Å². The highest BCUT2D eigenvalue weighted by Gasteiger charge is 2.23. The predicted octanol–water partition coefficient (Wildman–Crippen LogP) is 0.893. The Labute approximate surface area is 115 Å². The minimum atomic E-state index is -0.548. The molecular weight excluding hydrogens is 264 g/mol. The number of ether oxygens (including phenoxy) is 3. The molecule has 7 nitrogen and oxygen atoms in total. The summed E-state index contributed by atoms with van der Waals surface area (Å²) in [6, 6.07) is 2.80. The van der Waals surface area contributed by atoms with Gasteiger partial charge in [-0.1, -0.05) is 0 Å². The number of carbonyl (C=O) groups excluding carboxylic acids is 2. The van der Waals surface area contributed by atoms with Gasteiger partial charge in [-0.15, -0.1) is 0 Å². The Hall–Kier alpha value is -2.70. The van der Waals surface area contributed by atoms with Crippen molar-refractivity contribution in [3.05, 3.63) is 23.4 Å². The van der Waals surface area contributed by atoms with Crippen LogP contribution in [-0.4, -0.2) is 33.3 Å². The summed E-state index contributed by atoms with van der Waals surface area (Å²) in [4.78, 5) is 22.5. The zero-order chi connectivity index (χ0) is 14.7. The zero-order valence-corrected chi connectivity index (χ0v) is 11.3. The molecule has 0 atom stereocenters. The Kier molecular flexibility index (Phi) is 3.79. The molecule has 1 aromatic rings. The summed E-state index contributed by atoms with van der Waals surface area (Å²) >= 11 is 0. The molecule has 0 radical (unpaired) electrons. The number of carbonyl (C=O) groups is 2. The third kappa shape index (κ3) is 2.51. The number of nitrogens with one attached hydrogen (secondary N) is 2. The number of hydrogen-bond donors (Lipinski definition) is 2. The summed E-state index contributed by atoms with van der Waals surface area (Å²) in [5.74, 6) is 0.896. The van der Waals surface area contributed by atoms with E-state index in [1.54, 1.807) is 12.1 Å². The molecule has 0 aliphatic carbocycles. The van der Waals surface area contributed by atoms with Gasteiger partial charge in [0.25, 0.3) is 5.91 Å². The summed E-state index contributed by atoms with van der Waals surface area (Å²) < 4.78 is 15.6. The molecule has 1 aliphatic heterocycles. The first-order valence-corrected chi connectivity index (χ1v) is 5.73. The van der Waals surface area contributed by atoms with Gasteiger partial charge in [-0.2, -0.15) is 0 Å². The highest BCUT2D eigenvalue weighted by molar-refractivity contribution is 6.14. The maximum Gasteiger partial charge on any atom is 0.326 e. The number of benzene rings is 1. The van der Waals surface area contributed by atoms with Crippen molar-refractivity contribution in [3.8, 4) is 17.2 Å². The number of methoxy groups -OCH3 is 3. The molecular formula is C13H14N2O5. The van der Waals surface area contributed by atoms with E-state index < -0.39 is 11.9 Å². The molecule has 0 aromatic heterocycles. The molecule has 1 aromatic carbocycles. The first-order valence-electron chi connectivity index (χ1n) is 5.73. The van der Waals surface area contributed by atoms with E-state index in [1.165, 1.54) is 27.4 Å².